The molecule has 1 aromatic carbocycles. The van der Waals surface area contributed by atoms with Crippen LogP contribution in [0.25, 0.3) is 0 Å². The monoisotopic (exact) mass is 569 g/mol. The molecule has 4 rings (SSSR count). The van der Waals surface area contributed by atoms with E-state index in [1.54, 1.807) is 20.8 Å². The molecule has 1 saturated heterocycles. The molecule has 10 heteroatoms. The minimum Gasteiger partial charge on any atom is -0.475 e. The van der Waals surface area contributed by atoms with Gasteiger partial charge in [-0.3, -0.25) is 14.4 Å². The molecule has 224 valence electrons. The van der Waals surface area contributed by atoms with Crippen LogP contribution in [0.1, 0.15) is 66.0 Å². The van der Waals surface area contributed by atoms with Crippen molar-refractivity contribution in [3.05, 3.63) is 35.4 Å². The number of hydrogen-bond acceptors (Lipinski definition) is 6. The Morgan fingerprint density at radius 1 is 1.05 bits per heavy atom. The summed E-state index contributed by atoms with van der Waals surface area (Å²) in [6, 6.07) is 4.91. The van der Waals surface area contributed by atoms with Crippen LogP contribution in [-0.4, -0.2) is 69.9 Å². The van der Waals surface area contributed by atoms with Crippen molar-refractivity contribution < 1.29 is 33.8 Å². The molecule has 0 bridgehead atoms. The second-order valence-corrected chi connectivity index (χ2v) is 13.8. The first-order chi connectivity index (χ1) is 19.0. The zero-order valence-corrected chi connectivity index (χ0v) is 25.0. The van der Waals surface area contributed by atoms with E-state index in [-0.39, 0.29) is 41.4 Å². The lowest BCUT2D eigenvalue weighted by atomic mass is 9.93. The van der Waals surface area contributed by atoms with Crippen LogP contribution in [0.4, 0.5) is 4.79 Å². The van der Waals surface area contributed by atoms with E-state index in [4.69, 9.17) is 4.74 Å². The number of alkyl carbamates (subject to hydrolysis) is 1. The zero-order chi connectivity index (χ0) is 30.4. The number of piperidine rings is 1. The maximum Gasteiger partial charge on any atom is 0.408 e. The van der Waals surface area contributed by atoms with Crippen LogP contribution >= 0.6 is 0 Å². The molecule has 4 unspecified atom stereocenters. The van der Waals surface area contributed by atoms with Gasteiger partial charge in [0.15, 0.2) is 0 Å². The predicted octanol–water partition coefficient (Wildman–Crippen LogP) is 2.96. The fraction of sp³-hybridized carbons (Fsp3) is 0.645. The van der Waals surface area contributed by atoms with E-state index in [1.165, 1.54) is 4.90 Å². The maximum absolute atomic E-state index is 14.3. The minimum atomic E-state index is -1.61. The van der Waals surface area contributed by atoms with Crippen molar-refractivity contribution in [2.45, 2.75) is 91.5 Å². The number of ether oxygens (including phenoxy) is 1. The van der Waals surface area contributed by atoms with Crippen LogP contribution in [0.5, 0.6) is 0 Å². The molecular formula is C31H43N3O7. The van der Waals surface area contributed by atoms with Gasteiger partial charge < -0.3 is 25.4 Å². The van der Waals surface area contributed by atoms with Gasteiger partial charge in [0.05, 0.1) is 6.04 Å². The smallest absolute Gasteiger partial charge is 0.408 e. The first kappa shape index (κ1) is 30.5. The van der Waals surface area contributed by atoms with Gasteiger partial charge in [0, 0.05) is 6.54 Å². The number of carboxylic acid groups (broad SMARTS) is 1. The minimum absolute atomic E-state index is 0.0403. The SMILES string of the molecule is CC(C)CC(NC(=O)C1C2C(CN1C(=O)[C@@H](NC(=O)OC(C)(C)C)C1Cc3ccccc3C1)C2(C)C)C(=O)C(=O)O. The molecule has 41 heavy (non-hydrogen) atoms. The highest BCUT2D eigenvalue weighted by molar-refractivity contribution is 6.35. The van der Waals surface area contributed by atoms with E-state index in [0.29, 0.717) is 19.4 Å². The number of benzene rings is 1. The third-order valence-corrected chi connectivity index (χ3v) is 8.80. The van der Waals surface area contributed by atoms with Crippen molar-refractivity contribution in [2.24, 2.45) is 29.1 Å². The summed E-state index contributed by atoms with van der Waals surface area (Å²) >= 11 is 0. The Kier molecular flexibility index (Phi) is 8.26. The third-order valence-electron chi connectivity index (χ3n) is 8.80. The summed E-state index contributed by atoms with van der Waals surface area (Å²) in [5.41, 5.74) is 1.27. The van der Waals surface area contributed by atoms with Crippen molar-refractivity contribution in [3.63, 3.8) is 0 Å². The number of carboxylic acids is 1. The fourth-order valence-electron chi connectivity index (χ4n) is 6.75. The number of likely N-dealkylation sites (tertiary alicyclic amines) is 1. The largest absolute Gasteiger partial charge is 0.475 e. The van der Waals surface area contributed by atoms with Crippen LogP contribution < -0.4 is 10.6 Å². The molecule has 1 aromatic rings. The Labute approximate surface area is 241 Å². The van der Waals surface area contributed by atoms with E-state index in [2.05, 4.69) is 10.6 Å². The molecule has 0 spiro atoms. The van der Waals surface area contributed by atoms with Crippen molar-refractivity contribution >= 4 is 29.7 Å². The first-order valence-electron chi connectivity index (χ1n) is 14.5. The van der Waals surface area contributed by atoms with Gasteiger partial charge in [-0.25, -0.2) is 9.59 Å². The maximum atomic E-state index is 14.3. The number of carbonyl (C=O) groups is 5. The van der Waals surface area contributed by atoms with Crippen LogP contribution in [0, 0.1) is 29.1 Å². The highest BCUT2D eigenvalue weighted by Gasteiger charge is 2.69. The first-order valence-corrected chi connectivity index (χ1v) is 14.5. The lowest BCUT2D eigenvalue weighted by Gasteiger charge is -2.35. The van der Waals surface area contributed by atoms with Crippen molar-refractivity contribution in [2.75, 3.05) is 6.54 Å². The van der Waals surface area contributed by atoms with Gasteiger partial charge >= 0.3 is 12.1 Å². The van der Waals surface area contributed by atoms with Crippen LogP contribution in [0.3, 0.4) is 0 Å². The molecule has 2 aliphatic carbocycles. The molecule has 0 radical (unpaired) electrons. The van der Waals surface area contributed by atoms with E-state index in [0.717, 1.165) is 11.1 Å². The van der Waals surface area contributed by atoms with Crippen molar-refractivity contribution in [3.8, 4) is 0 Å². The zero-order valence-electron chi connectivity index (χ0n) is 25.0. The average molecular weight is 570 g/mol. The summed E-state index contributed by atoms with van der Waals surface area (Å²) < 4.78 is 5.50. The average Bonchev–Trinajstić information content (AvgIpc) is 3.24. The summed E-state index contributed by atoms with van der Waals surface area (Å²) in [6.07, 6.45) is 0.643. The molecule has 10 nitrogen and oxygen atoms in total. The Bertz CT molecular complexity index is 1210. The molecule has 3 N–H and O–H groups in total. The molecular weight excluding hydrogens is 526 g/mol. The topological polar surface area (TPSA) is 142 Å². The number of nitrogens with one attached hydrogen (secondary N) is 2. The van der Waals surface area contributed by atoms with Crippen LogP contribution in [-0.2, 0) is 36.8 Å². The number of ketones is 1. The summed E-state index contributed by atoms with van der Waals surface area (Å²) in [4.78, 5) is 66.4. The van der Waals surface area contributed by atoms with E-state index in [9.17, 15) is 29.1 Å². The predicted molar refractivity (Wildman–Crippen MR) is 151 cm³/mol. The van der Waals surface area contributed by atoms with Gasteiger partial charge in [0.2, 0.25) is 11.8 Å². The Balaban J connectivity index is 1.61. The summed E-state index contributed by atoms with van der Waals surface area (Å²) in [5, 5.41) is 14.8. The molecule has 1 saturated carbocycles. The third kappa shape index (κ3) is 6.41. The second kappa shape index (κ2) is 11.1. The molecule has 0 aromatic heterocycles. The molecule has 2 fully saturated rings. The van der Waals surface area contributed by atoms with Gasteiger partial charge in [0.1, 0.15) is 17.7 Å². The number of carbonyl (C=O) groups excluding carboxylic acids is 4. The Hall–Kier alpha value is -3.43. The summed E-state index contributed by atoms with van der Waals surface area (Å²) in [7, 11) is 0. The standard InChI is InChI=1S/C31H43N3O7/c1-16(2)12-21(25(35)28(38)39)32-26(36)24-22-20(31(22,6)7)15-34(24)27(37)23(33-29(40)41-30(3,4)5)19-13-17-10-8-9-11-18(17)14-19/h8-11,16,19-24H,12-15H2,1-7H3,(H,32,36)(H,33,40)(H,38,39)/t20?,21?,22?,23-,24?/m0/s1. The van der Waals surface area contributed by atoms with Crippen LogP contribution in [0.2, 0.25) is 0 Å². The Morgan fingerprint density at radius 3 is 2.15 bits per heavy atom. The van der Waals surface area contributed by atoms with E-state index >= 15 is 0 Å². The number of fused-ring (bicyclic) bond motifs is 2. The lowest BCUT2D eigenvalue weighted by molar-refractivity contribution is -0.151. The highest BCUT2D eigenvalue weighted by Crippen LogP contribution is 2.65. The second-order valence-electron chi connectivity index (χ2n) is 13.8. The van der Waals surface area contributed by atoms with Gasteiger partial charge in [-0.2, -0.15) is 0 Å². The number of nitrogens with zero attached hydrogens (tertiary/aromatic N) is 1. The van der Waals surface area contributed by atoms with Crippen molar-refractivity contribution in [1.82, 2.24) is 15.5 Å². The summed E-state index contributed by atoms with van der Waals surface area (Å²) in [6.45, 7) is 13.3. The normalized spacial score (nSPS) is 24.2. The molecule has 3 amide bonds. The Morgan fingerprint density at radius 2 is 1.63 bits per heavy atom. The van der Waals surface area contributed by atoms with E-state index < -0.39 is 47.5 Å². The number of aliphatic carboxylic acids is 1. The van der Waals surface area contributed by atoms with Crippen LogP contribution in [0.15, 0.2) is 24.3 Å². The summed E-state index contributed by atoms with van der Waals surface area (Å²) in [5.74, 6) is -3.95. The van der Waals surface area contributed by atoms with Gasteiger partial charge in [-0.05, 0) is 80.2 Å². The van der Waals surface area contributed by atoms with Gasteiger partial charge in [-0.1, -0.05) is 52.0 Å². The highest BCUT2D eigenvalue weighted by atomic mass is 16.6. The molecule has 3 aliphatic rings. The van der Waals surface area contributed by atoms with Crippen molar-refractivity contribution in [1.29, 1.82) is 0 Å². The fourth-order valence-corrected chi connectivity index (χ4v) is 6.75. The quantitative estimate of drug-likeness (QED) is 0.388. The number of rotatable bonds is 9. The number of amides is 3. The van der Waals surface area contributed by atoms with Gasteiger partial charge in [-0.15, -0.1) is 0 Å². The van der Waals surface area contributed by atoms with Gasteiger partial charge in [0.25, 0.3) is 5.78 Å². The molecule has 1 heterocycles. The lowest BCUT2D eigenvalue weighted by Crippen LogP contribution is -2.59. The number of hydrogen-bond donors (Lipinski definition) is 3. The number of Topliss-reactive ketones (excluding diaryl/α,β-unsaturated/α-hetero) is 1. The molecule has 1 aliphatic heterocycles. The van der Waals surface area contributed by atoms with E-state index in [1.807, 2.05) is 52.0 Å². The molecule has 5 atom stereocenters.